The highest BCUT2D eigenvalue weighted by Crippen LogP contribution is 2.09. The van der Waals surface area contributed by atoms with E-state index in [1.54, 1.807) is 0 Å². The van der Waals surface area contributed by atoms with Gasteiger partial charge < -0.3 is 15.1 Å². The van der Waals surface area contributed by atoms with E-state index in [1.165, 1.54) is 25.9 Å². The number of likely N-dealkylation sites (tertiary alicyclic amines) is 1. The Balaban J connectivity index is 1.59. The van der Waals surface area contributed by atoms with Gasteiger partial charge in [-0.05, 0) is 38.9 Å². The molecule has 16 heavy (non-hydrogen) atoms. The van der Waals surface area contributed by atoms with Gasteiger partial charge in [0.25, 0.3) is 0 Å². The van der Waals surface area contributed by atoms with Crippen molar-refractivity contribution in [3.05, 3.63) is 0 Å². The molecule has 2 rings (SSSR count). The van der Waals surface area contributed by atoms with Crippen molar-refractivity contribution in [2.24, 2.45) is 0 Å². The summed E-state index contributed by atoms with van der Waals surface area (Å²) in [4.78, 5) is 16.3. The van der Waals surface area contributed by atoms with Crippen LogP contribution in [0.25, 0.3) is 0 Å². The van der Waals surface area contributed by atoms with E-state index >= 15 is 0 Å². The molecule has 2 aliphatic rings. The minimum absolute atomic E-state index is 0.348. The second-order valence-corrected chi connectivity index (χ2v) is 4.78. The first-order valence-electron chi connectivity index (χ1n) is 6.57. The standard InChI is InChI=1S/C12H23N3O/c16-12(15-10-5-13-6-11-15)4-3-9-14-7-1-2-8-14/h13H,1-11H2. The normalized spacial score (nSPS) is 22.6. The van der Waals surface area contributed by atoms with Gasteiger partial charge in [0.2, 0.25) is 5.91 Å². The number of amides is 1. The van der Waals surface area contributed by atoms with Gasteiger partial charge in [-0.15, -0.1) is 0 Å². The van der Waals surface area contributed by atoms with Crippen LogP contribution in [0.2, 0.25) is 0 Å². The zero-order valence-electron chi connectivity index (χ0n) is 10.1. The van der Waals surface area contributed by atoms with Gasteiger partial charge >= 0.3 is 0 Å². The summed E-state index contributed by atoms with van der Waals surface area (Å²) in [6.45, 7) is 7.28. The lowest BCUT2D eigenvalue weighted by atomic mass is 10.2. The fourth-order valence-electron chi connectivity index (χ4n) is 2.53. The topological polar surface area (TPSA) is 35.6 Å². The molecule has 4 heteroatoms. The van der Waals surface area contributed by atoms with Crippen molar-refractivity contribution in [3.63, 3.8) is 0 Å². The van der Waals surface area contributed by atoms with Crippen LogP contribution in [0.15, 0.2) is 0 Å². The van der Waals surface area contributed by atoms with Crippen LogP contribution in [-0.2, 0) is 4.79 Å². The minimum atomic E-state index is 0.348. The van der Waals surface area contributed by atoms with Gasteiger partial charge in [-0.2, -0.15) is 0 Å². The molecule has 2 saturated heterocycles. The largest absolute Gasteiger partial charge is 0.340 e. The Labute approximate surface area is 98.0 Å². The van der Waals surface area contributed by atoms with Crippen LogP contribution in [0.5, 0.6) is 0 Å². The molecule has 0 radical (unpaired) electrons. The van der Waals surface area contributed by atoms with Gasteiger partial charge in [-0.1, -0.05) is 0 Å². The van der Waals surface area contributed by atoms with E-state index in [-0.39, 0.29) is 0 Å². The Kier molecular flexibility index (Phi) is 4.60. The van der Waals surface area contributed by atoms with E-state index in [0.717, 1.165) is 45.6 Å². The van der Waals surface area contributed by atoms with Crippen LogP contribution >= 0.6 is 0 Å². The highest BCUT2D eigenvalue weighted by Gasteiger charge is 2.16. The molecule has 0 spiro atoms. The van der Waals surface area contributed by atoms with Crippen molar-refractivity contribution in [3.8, 4) is 0 Å². The molecule has 2 heterocycles. The summed E-state index contributed by atoms with van der Waals surface area (Å²) in [7, 11) is 0. The maximum absolute atomic E-state index is 11.9. The average Bonchev–Trinajstić information content (AvgIpc) is 2.83. The lowest BCUT2D eigenvalue weighted by Crippen LogP contribution is -2.46. The first-order valence-corrected chi connectivity index (χ1v) is 6.57. The van der Waals surface area contributed by atoms with Gasteiger partial charge in [0.05, 0.1) is 0 Å². The fourth-order valence-corrected chi connectivity index (χ4v) is 2.53. The zero-order chi connectivity index (χ0) is 11.2. The zero-order valence-corrected chi connectivity index (χ0v) is 10.1. The van der Waals surface area contributed by atoms with Gasteiger partial charge in [-0.3, -0.25) is 4.79 Å². The Morgan fingerprint density at radius 1 is 1.06 bits per heavy atom. The van der Waals surface area contributed by atoms with E-state index in [0.29, 0.717) is 5.91 Å². The van der Waals surface area contributed by atoms with Crippen LogP contribution in [0.4, 0.5) is 0 Å². The molecule has 0 atom stereocenters. The molecular weight excluding hydrogens is 202 g/mol. The minimum Gasteiger partial charge on any atom is -0.340 e. The molecule has 92 valence electrons. The molecule has 2 fully saturated rings. The van der Waals surface area contributed by atoms with Gasteiger partial charge in [0.15, 0.2) is 0 Å². The number of hydrogen-bond acceptors (Lipinski definition) is 3. The van der Waals surface area contributed by atoms with E-state index in [1.807, 2.05) is 4.90 Å². The maximum atomic E-state index is 11.9. The summed E-state index contributed by atoms with van der Waals surface area (Å²) in [5.74, 6) is 0.348. The number of rotatable bonds is 4. The molecule has 0 aromatic rings. The van der Waals surface area contributed by atoms with Crippen molar-refractivity contribution in [1.82, 2.24) is 15.1 Å². The summed E-state index contributed by atoms with van der Waals surface area (Å²) in [5, 5.41) is 3.27. The molecule has 2 aliphatic heterocycles. The van der Waals surface area contributed by atoms with Crippen molar-refractivity contribution < 1.29 is 4.79 Å². The monoisotopic (exact) mass is 225 g/mol. The smallest absolute Gasteiger partial charge is 0.222 e. The molecule has 0 aromatic heterocycles. The van der Waals surface area contributed by atoms with Crippen LogP contribution < -0.4 is 5.32 Å². The van der Waals surface area contributed by atoms with Crippen LogP contribution in [0, 0.1) is 0 Å². The molecule has 1 N–H and O–H groups in total. The Hall–Kier alpha value is -0.610. The van der Waals surface area contributed by atoms with Gasteiger partial charge in [-0.25, -0.2) is 0 Å². The lowest BCUT2D eigenvalue weighted by Gasteiger charge is -2.27. The number of nitrogens with zero attached hydrogens (tertiary/aromatic N) is 2. The third-order valence-electron chi connectivity index (χ3n) is 3.53. The summed E-state index contributed by atoms with van der Waals surface area (Å²) in [6.07, 6.45) is 4.44. The SMILES string of the molecule is O=C(CCCN1CCCC1)N1CCNCC1. The van der Waals surface area contributed by atoms with Crippen LogP contribution in [-0.4, -0.2) is 61.5 Å². The quantitative estimate of drug-likeness (QED) is 0.747. The molecule has 0 unspecified atom stereocenters. The first kappa shape index (κ1) is 11.9. The van der Waals surface area contributed by atoms with E-state index in [4.69, 9.17) is 0 Å². The number of carbonyl (C=O) groups is 1. The predicted molar refractivity (Wildman–Crippen MR) is 64.4 cm³/mol. The molecular formula is C12H23N3O. The van der Waals surface area contributed by atoms with Crippen molar-refractivity contribution >= 4 is 5.91 Å². The molecule has 4 nitrogen and oxygen atoms in total. The van der Waals surface area contributed by atoms with E-state index < -0.39 is 0 Å². The Morgan fingerprint density at radius 3 is 2.44 bits per heavy atom. The number of piperazine rings is 1. The predicted octanol–water partition coefficient (Wildman–Crippen LogP) is 0.294. The second kappa shape index (κ2) is 6.21. The van der Waals surface area contributed by atoms with Crippen LogP contribution in [0.3, 0.4) is 0 Å². The first-order chi connectivity index (χ1) is 7.86. The average molecular weight is 225 g/mol. The summed E-state index contributed by atoms with van der Waals surface area (Å²) < 4.78 is 0. The van der Waals surface area contributed by atoms with Crippen LogP contribution in [0.1, 0.15) is 25.7 Å². The van der Waals surface area contributed by atoms with Gasteiger partial charge in [0.1, 0.15) is 0 Å². The summed E-state index contributed by atoms with van der Waals surface area (Å²) in [6, 6.07) is 0. The summed E-state index contributed by atoms with van der Waals surface area (Å²) >= 11 is 0. The molecule has 0 aliphatic carbocycles. The molecule has 1 amide bonds. The van der Waals surface area contributed by atoms with Crippen molar-refractivity contribution in [2.45, 2.75) is 25.7 Å². The number of carbonyl (C=O) groups excluding carboxylic acids is 1. The van der Waals surface area contributed by atoms with E-state index in [2.05, 4.69) is 10.2 Å². The highest BCUT2D eigenvalue weighted by molar-refractivity contribution is 5.76. The third kappa shape index (κ3) is 3.46. The van der Waals surface area contributed by atoms with Gasteiger partial charge in [0, 0.05) is 32.6 Å². The molecule has 0 bridgehead atoms. The fraction of sp³-hybridized carbons (Fsp3) is 0.917. The Bertz CT molecular complexity index is 220. The molecule has 0 saturated carbocycles. The van der Waals surface area contributed by atoms with Crippen molar-refractivity contribution in [1.29, 1.82) is 0 Å². The lowest BCUT2D eigenvalue weighted by molar-refractivity contribution is -0.131. The van der Waals surface area contributed by atoms with E-state index in [9.17, 15) is 4.79 Å². The Morgan fingerprint density at radius 2 is 1.75 bits per heavy atom. The summed E-state index contributed by atoms with van der Waals surface area (Å²) in [5.41, 5.74) is 0. The molecule has 0 aromatic carbocycles. The highest BCUT2D eigenvalue weighted by atomic mass is 16.2. The third-order valence-corrected chi connectivity index (χ3v) is 3.53. The second-order valence-electron chi connectivity index (χ2n) is 4.78. The van der Waals surface area contributed by atoms with Crippen molar-refractivity contribution in [2.75, 3.05) is 45.8 Å². The number of hydrogen-bond donors (Lipinski definition) is 1. The maximum Gasteiger partial charge on any atom is 0.222 e. The number of nitrogens with one attached hydrogen (secondary N) is 1.